The molecule has 0 unspecified atom stereocenters. The van der Waals surface area contributed by atoms with Crippen molar-refractivity contribution in [3.8, 4) is 5.75 Å². The summed E-state index contributed by atoms with van der Waals surface area (Å²) >= 11 is 5.69. The molecule has 3 aromatic rings. The molecule has 0 amide bonds. The summed E-state index contributed by atoms with van der Waals surface area (Å²) in [6, 6.07) is 3.39. The molecule has 0 saturated heterocycles. The first-order chi connectivity index (χ1) is 10.7. The van der Waals surface area contributed by atoms with E-state index in [1.165, 1.54) is 17.1 Å². The largest absolute Gasteiger partial charge is 0.490 e. The summed E-state index contributed by atoms with van der Waals surface area (Å²) in [6.45, 7) is 0.564. The van der Waals surface area contributed by atoms with Crippen LogP contribution in [0, 0.1) is 0 Å². The van der Waals surface area contributed by atoms with Crippen molar-refractivity contribution in [2.75, 3.05) is 6.61 Å². The van der Waals surface area contributed by atoms with Crippen molar-refractivity contribution in [1.29, 1.82) is 0 Å². The first kappa shape index (κ1) is 14.5. The molecule has 22 heavy (non-hydrogen) atoms. The van der Waals surface area contributed by atoms with E-state index in [0.29, 0.717) is 35.6 Å². The Morgan fingerprint density at radius 2 is 2.23 bits per heavy atom. The molecule has 114 valence electrons. The number of aliphatic hydroxyl groups is 1. The number of hydrogen-bond acceptors (Lipinski definition) is 6. The maximum absolute atomic E-state index is 11.9. The molecule has 0 bridgehead atoms. The minimum atomic E-state index is -0.346. The second-order valence-corrected chi connectivity index (χ2v) is 4.81. The number of fused-ring (bicyclic) bond motifs is 1. The van der Waals surface area contributed by atoms with Crippen LogP contribution in [-0.4, -0.2) is 36.4 Å². The average molecular weight is 322 g/mol. The number of halogens is 1. The third kappa shape index (κ3) is 2.92. The van der Waals surface area contributed by atoms with Gasteiger partial charge in [-0.25, -0.2) is 4.98 Å². The van der Waals surface area contributed by atoms with Gasteiger partial charge in [0.05, 0.1) is 31.2 Å². The Morgan fingerprint density at radius 3 is 2.95 bits per heavy atom. The number of aliphatic hydroxyl groups excluding tert-OH is 1. The van der Waals surface area contributed by atoms with Crippen molar-refractivity contribution in [1.82, 2.24) is 24.7 Å². The van der Waals surface area contributed by atoms with Gasteiger partial charge in [-0.05, 0) is 23.7 Å². The first-order valence-electron chi connectivity index (χ1n) is 6.47. The molecule has 0 aliphatic heterocycles. The summed E-state index contributed by atoms with van der Waals surface area (Å²) in [6.07, 6.45) is 3.01. The van der Waals surface area contributed by atoms with Crippen LogP contribution in [0.15, 0.2) is 29.3 Å². The number of ether oxygens (including phenoxy) is 1. The van der Waals surface area contributed by atoms with Gasteiger partial charge in [0.1, 0.15) is 17.9 Å². The molecule has 3 rings (SSSR count). The van der Waals surface area contributed by atoms with Gasteiger partial charge >= 0.3 is 0 Å². The normalized spacial score (nSPS) is 11.0. The number of aromatic nitrogens is 5. The van der Waals surface area contributed by atoms with Crippen LogP contribution in [0.25, 0.3) is 11.0 Å². The van der Waals surface area contributed by atoms with Gasteiger partial charge in [0.2, 0.25) is 5.28 Å². The average Bonchev–Trinajstić information content (AvgIpc) is 2.91. The monoisotopic (exact) mass is 321 g/mol. The van der Waals surface area contributed by atoms with E-state index in [4.69, 9.17) is 21.4 Å². The van der Waals surface area contributed by atoms with Crippen molar-refractivity contribution in [2.24, 2.45) is 0 Å². The van der Waals surface area contributed by atoms with Crippen molar-refractivity contribution in [3.63, 3.8) is 0 Å². The smallest absolute Gasteiger partial charge is 0.278 e. The Morgan fingerprint density at radius 1 is 1.36 bits per heavy atom. The highest BCUT2D eigenvalue weighted by Crippen LogP contribution is 2.11. The summed E-state index contributed by atoms with van der Waals surface area (Å²) in [5.41, 5.74) is 1.01. The maximum atomic E-state index is 11.9. The summed E-state index contributed by atoms with van der Waals surface area (Å²) < 4.78 is 7.03. The molecular weight excluding hydrogens is 310 g/mol. The van der Waals surface area contributed by atoms with E-state index in [1.807, 2.05) is 0 Å². The summed E-state index contributed by atoms with van der Waals surface area (Å²) in [5, 5.41) is 13.0. The van der Waals surface area contributed by atoms with Gasteiger partial charge in [-0.2, -0.15) is 5.10 Å². The molecule has 3 aromatic heterocycles. The van der Waals surface area contributed by atoms with E-state index < -0.39 is 0 Å². The molecule has 3 heterocycles. The number of aromatic amines is 1. The summed E-state index contributed by atoms with van der Waals surface area (Å²) in [5.74, 6) is 0.573. The van der Waals surface area contributed by atoms with Crippen molar-refractivity contribution < 1.29 is 9.84 Å². The molecular formula is C13H12ClN5O3. The van der Waals surface area contributed by atoms with E-state index in [2.05, 4.69) is 20.1 Å². The van der Waals surface area contributed by atoms with Gasteiger partial charge in [0.25, 0.3) is 5.56 Å². The number of H-pyrrole nitrogens is 1. The fourth-order valence-electron chi connectivity index (χ4n) is 1.99. The predicted octanol–water partition coefficient (Wildman–Crippen LogP) is 0.739. The van der Waals surface area contributed by atoms with Gasteiger partial charge in [-0.15, -0.1) is 0 Å². The molecule has 2 N–H and O–H groups in total. The van der Waals surface area contributed by atoms with Gasteiger partial charge in [-0.1, -0.05) is 0 Å². The predicted molar refractivity (Wildman–Crippen MR) is 78.8 cm³/mol. The van der Waals surface area contributed by atoms with Crippen LogP contribution in [0.2, 0.25) is 5.28 Å². The third-order valence-electron chi connectivity index (χ3n) is 3.00. The van der Waals surface area contributed by atoms with Crippen molar-refractivity contribution in [2.45, 2.75) is 13.2 Å². The zero-order valence-electron chi connectivity index (χ0n) is 11.4. The lowest BCUT2D eigenvalue weighted by atomic mass is 10.3. The fourth-order valence-corrected chi connectivity index (χ4v) is 2.16. The van der Waals surface area contributed by atoms with E-state index in [9.17, 15) is 4.79 Å². The molecule has 9 heteroatoms. The lowest BCUT2D eigenvalue weighted by Crippen LogP contribution is -2.16. The van der Waals surface area contributed by atoms with Crippen LogP contribution in [0.5, 0.6) is 5.75 Å². The highest BCUT2D eigenvalue weighted by molar-refractivity contribution is 6.28. The molecule has 0 radical (unpaired) electrons. The lowest BCUT2D eigenvalue weighted by Gasteiger charge is -2.07. The molecule has 0 aliphatic carbocycles. The second-order valence-electron chi connectivity index (χ2n) is 4.45. The number of pyridine rings is 1. The Labute approximate surface area is 129 Å². The topological polar surface area (TPSA) is 106 Å². The Balaban J connectivity index is 1.70. The van der Waals surface area contributed by atoms with Gasteiger partial charge in [-0.3, -0.25) is 19.4 Å². The van der Waals surface area contributed by atoms with Crippen LogP contribution in [0.3, 0.4) is 0 Å². The first-order valence-corrected chi connectivity index (χ1v) is 6.85. The lowest BCUT2D eigenvalue weighted by molar-refractivity contribution is 0.274. The molecule has 0 atom stereocenters. The van der Waals surface area contributed by atoms with E-state index in [0.717, 1.165) is 0 Å². The van der Waals surface area contributed by atoms with Crippen LogP contribution in [0.4, 0.5) is 0 Å². The fraction of sp³-hybridized carbons (Fsp3) is 0.231. The standard InChI is InChI=1S/C13H12ClN5O3/c14-13-17-10-6-16-19(11(10)12(21)18-13)3-4-22-9-2-1-8(7-20)15-5-9/h1-2,5-6,20H,3-4,7H2,(H,17,18,21). The van der Waals surface area contributed by atoms with E-state index in [-0.39, 0.29) is 17.4 Å². The highest BCUT2D eigenvalue weighted by Gasteiger charge is 2.09. The summed E-state index contributed by atoms with van der Waals surface area (Å²) in [7, 11) is 0. The Hall–Kier alpha value is -2.45. The molecule has 0 saturated carbocycles. The zero-order valence-corrected chi connectivity index (χ0v) is 12.1. The van der Waals surface area contributed by atoms with Crippen LogP contribution in [0.1, 0.15) is 5.69 Å². The Bertz CT molecular complexity index is 843. The number of hydrogen-bond donors (Lipinski definition) is 2. The third-order valence-corrected chi connectivity index (χ3v) is 3.18. The molecule has 8 nitrogen and oxygen atoms in total. The quantitative estimate of drug-likeness (QED) is 0.671. The number of rotatable bonds is 5. The molecule has 0 aromatic carbocycles. The minimum Gasteiger partial charge on any atom is -0.490 e. The molecule has 0 spiro atoms. The van der Waals surface area contributed by atoms with Crippen molar-refractivity contribution >= 4 is 22.6 Å². The maximum Gasteiger partial charge on any atom is 0.278 e. The van der Waals surface area contributed by atoms with Gasteiger partial charge in [0.15, 0.2) is 5.52 Å². The second kappa shape index (κ2) is 6.12. The van der Waals surface area contributed by atoms with Crippen LogP contribution < -0.4 is 10.3 Å². The Kier molecular flexibility index (Phi) is 4.03. The van der Waals surface area contributed by atoms with Gasteiger partial charge in [0, 0.05) is 0 Å². The van der Waals surface area contributed by atoms with Crippen LogP contribution in [-0.2, 0) is 13.2 Å². The van der Waals surface area contributed by atoms with E-state index >= 15 is 0 Å². The minimum absolute atomic E-state index is 0.0309. The molecule has 0 aliphatic rings. The SMILES string of the molecule is O=c1[nH]c(Cl)nc2cnn(CCOc3ccc(CO)nc3)c12. The highest BCUT2D eigenvalue weighted by atomic mass is 35.5. The summed E-state index contributed by atoms with van der Waals surface area (Å²) in [4.78, 5) is 22.3. The number of nitrogens with zero attached hydrogens (tertiary/aromatic N) is 4. The van der Waals surface area contributed by atoms with Crippen LogP contribution >= 0.6 is 11.6 Å². The van der Waals surface area contributed by atoms with E-state index in [1.54, 1.807) is 12.1 Å². The molecule has 0 fully saturated rings. The number of nitrogens with one attached hydrogen (secondary N) is 1. The zero-order chi connectivity index (χ0) is 15.5. The van der Waals surface area contributed by atoms with Gasteiger partial charge < -0.3 is 9.84 Å². The van der Waals surface area contributed by atoms with Crippen molar-refractivity contribution in [3.05, 3.63) is 45.9 Å².